The van der Waals surface area contributed by atoms with Gasteiger partial charge in [0.2, 0.25) is 0 Å². The maximum Gasteiger partial charge on any atom is 0.131 e. The van der Waals surface area contributed by atoms with Gasteiger partial charge in [0.05, 0.1) is 6.04 Å². The summed E-state index contributed by atoms with van der Waals surface area (Å²) < 4.78 is 45.4. The molecule has 4 rings (SSSR count). The Morgan fingerprint density at radius 1 is 1.19 bits per heavy atom. The molecular weight excluding hydrogens is 401 g/mol. The first kappa shape index (κ1) is 21.5. The Hall–Kier alpha value is -2.73. The first-order valence-electron chi connectivity index (χ1n) is 10.5. The van der Waals surface area contributed by atoms with Crippen molar-refractivity contribution in [3.05, 3.63) is 70.4 Å². The zero-order chi connectivity index (χ0) is 22.5. The normalized spacial score (nSPS) is 20.0. The second-order valence-electron chi connectivity index (χ2n) is 8.99. The number of nitrogens with one attached hydrogen (secondary N) is 1. The van der Waals surface area contributed by atoms with Crippen LogP contribution < -0.4 is 0 Å². The van der Waals surface area contributed by atoms with E-state index in [9.17, 15) is 9.50 Å². The molecule has 2 aromatic carbocycles. The molecule has 3 nitrogen and oxygen atoms in total. The Morgan fingerprint density at radius 3 is 2.48 bits per heavy atom. The summed E-state index contributed by atoms with van der Waals surface area (Å²) in [7, 11) is 0. The smallest absolute Gasteiger partial charge is 0.131 e. The molecule has 0 saturated carbocycles. The van der Waals surface area contributed by atoms with E-state index in [0.29, 0.717) is 17.7 Å². The Labute approximate surface area is 180 Å². The highest BCUT2D eigenvalue weighted by molar-refractivity contribution is 5.86. The summed E-state index contributed by atoms with van der Waals surface area (Å²) >= 11 is 0. The third-order valence-corrected chi connectivity index (χ3v) is 5.89. The second kappa shape index (κ2) is 7.75. The number of H-pyrrole nitrogens is 1. The number of phenols is 1. The summed E-state index contributed by atoms with van der Waals surface area (Å²) in [6.07, 6.45) is 3.93. The molecule has 0 radical (unpaired) electrons. The standard InChI is InChI=1S/C25H27F3N2O/c1-5-6-15-10-19(26)22(20(27)11-15)24-23-18(9-14(2)30(24)13-25(3,4)28)17-12-16(31)7-8-21(17)29-23/h5-8,10-12,14,24,29,31H,9,13H2,1-4H3/b6-5+/t14-,24-/m0/s1. The van der Waals surface area contributed by atoms with Crippen LogP contribution in [0.25, 0.3) is 17.0 Å². The number of alkyl halides is 1. The van der Waals surface area contributed by atoms with Crippen LogP contribution in [0.1, 0.15) is 56.1 Å². The fourth-order valence-corrected chi connectivity index (χ4v) is 4.69. The van der Waals surface area contributed by atoms with E-state index in [1.807, 2.05) is 11.8 Å². The number of allylic oxidation sites excluding steroid dienone is 1. The molecule has 1 aromatic heterocycles. The van der Waals surface area contributed by atoms with Gasteiger partial charge in [0.1, 0.15) is 23.1 Å². The predicted molar refractivity (Wildman–Crippen MR) is 118 cm³/mol. The van der Waals surface area contributed by atoms with Crippen LogP contribution in [-0.2, 0) is 6.42 Å². The summed E-state index contributed by atoms with van der Waals surface area (Å²) in [5.41, 5.74) is 1.09. The molecule has 1 aliphatic rings. The molecule has 0 amide bonds. The van der Waals surface area contributed by atoms with Gasteiger partial charge in [-0.15, -0.1) is 0 Å². The van der Waals surface area contributed by atoms with Crippen LogP contribution in [0.2, 0.25) is 0 Å². The van der Waals surface area contributed by atoms with Gasteiger partial charge in [-0.05, 0) is 75.6 Å². The monoisotopic (exact) mass is 428 g/mol. The van der Waals surface area contributed by atoms with Crippen molar-refractivity contribution in [2.45, 2.75) is 51.9 Å². The van der Waals surface area contributed by atoms with Crippen LogP contribution in [0.5, 0.6) is 5.75 Å². The van der Waals surface area contributed by atoms with Gasteiger partial charge in [-0.25, -0.2) is 13.2 Å². The van der Waals surface area contributed by atoms with Crippen molar-refractivity contribution in [1.82, 2.24) is 9.88 Å². The summed E-state index contributed by atoms with van der Waals surface area (Å²) in [5.74, 6) is -1.21. The fraction of sp³-hybridized carbons (Fsp3) is 0.360. The lowest BCUT2D eigenvalue weighted by molar-refractivity contribution is 0.0643. The number of aromatic hydroxyl groups is 1. The van der Waals surface area contributed by atoms with Crippen LogP contribution in [-0.4, -0.2) is 33.2 Å². The average Bonchev–Trinajstić information content (AvgIpc) is 3.00. The van der Waals surface area contributed by atoms with Gasteiger partial charge in [0, 0.05) is 34.7 Å². The first-order valence-corrected chi connectivity index (χ1v) is 10.5. The van der Waals surface area contributed by atoms with E-state index in [2.05, 4.69) is 4.98 Å². The maximum atomic E-state index is 15.3. The van der Waals surface area contributed by atoms with E-state index in [0.717, 1.165) is 16.5 Å². The van der Waals surface area contributed by atoms with Gasteiger partial charge in [-0.2, -0.15) is 0 Å². The number of aromatic nitrogens is 1. The minimum Gasteiger partial charge on any atom is -0.508 e. The lowest BCUT2D eigenvalue weighted by Gasteiger charge is -2.43. The fourth-order valence-electron chi connectivity index (χ4n) is 4.69. The second-order valence-corrected chi connectivity index (χ2v) is 8.99. The molecule has 0 spiro atoms. The van der Waals surface area contributed by atoms with Crippen LogP contribution in [0.15, 0.2) is 36.4 Å². The van der Waals surface area contributed by atoms with Gasteiger partial charge in [0.15, 0.2) is 0 Å². The molecule has 2 N–H and O–H groups in total. The van der Waals surface area contributed by atoms with Crippen molar-refractivity contribution in [2.24, 2.45) is 0 Å². The number of halogens is 3. The summed E-state index contributed by atoms with van der Waals surface area (Å²) in [5, 5.41) is 10.8. The number of hydrogen-bond donors (Lipinski definition) is 2. The van der Waals surface area contributed by atoms with E-state index in [4.69, 9.17) is 0 Å². The molecule has 2 atom stereocenters. The number of rotatable bonds is 4. The molecular formula is C25H27F3N2O. The first-order chi connectivity index (χ1) is 14.6. The Kier molecular flexibility index (Phi) is 5.38. The summed E-state index contributed by atoms with van der Waals surface area (Å²) in [6.45, 7) is 6.68. The Bertz CT molecular complexity index is 1140. The van der Waals surface area contributed by atoms with E-state index in [-0.39, 0.29) is 23.9 Å². The van der Waals surface area contributed by atoms with E-state index < -0.39 is 23.3 Å². The zero-order valence-electron chi connectivity index (χ0n) is 18.1. The Morgan fingerprint density at radius 2 is 1.87 bits per heavy atom. The van der Waals surface area contributed by atoms with E-state index in [1.165, 1.54) is 26.0 Å². The number of nitrogens with zero attached hydrogens (tertiary/aromatic N) is 1. The van der Waals surface area contributed by atoms with E-state index in [1.54, 1.807) is 37.3 Å². The van der Waals surface area contributed by atoms with Crippen molar-refractivity contribution in [2.75, 3.05) is 6.54 Å². The number of hydrogen-bond acceptors (Lipinski definition) is 2. The highest BCUT2D eigenvalue weighted by Gasteiger charge is 2.40. The maximum absolute atomic E-state index is 15.3. The molecule has 1 aliphatic heterocycles. The number of phenolic OH excluding ortho intramolecular Hbond substituents is 1. The molecule has 3 aromatic rings. The van der Waals surface area contributed by atoms with Gasteiger partial charge >= 0.3 is 0 Å². The van der Waals surface area contributed by atoms with Crippen molar-refractivity contribution in [3.63, 3.8) is 0 Å². The van der Waals surface area contributed by atoms with Gasteiger partial charge in [-0.3, -0.25) is 4.90 Å². The van der Waals surface area contributed by atoms with Crippen molar-refractivity contribution in [1.29, 1.82) is 0 Å². The third kappa shape index (κ3) is 3.97. The molecule has 31 heavy (non-hydrogen) atoms. The minimum absolute atomic E-state index is 0.0222. The lowest BCUT2D eigenvalue weighted by Crippen LogP contribution is -2.48. The molecule has 0 saturated heterocycles. The predicted octanol–water partition coefficient (Wildman–Crippen LogP) is 6.27. The number of benzene rings is 2. The molecule has 2 heterocycles. The summed E-state index contributed by atoms with van der Waals surface area (Å²) in [6, 6.07) is 6.61. The Balaban J connectivity index is 1.97. The zero-order valence-corrected chi connectivity index (χ0v) is 18.1. The SMILES string of the molecule is C/C=C/c1cc(F)c([C@H]2c3[nH]c4ccc(O)cc4c3C[C@H](C)N2CC(C)(C)F)c(F)c1. The number of fused-ring (bicyclic) bond motifs is 3. The molecule has 6 heteroatoms. The molecule has 0 fully saturated rings. The molecule has 0 aliphatic carbocycles. The van der Waals surface area contributed by atoms with Crippen molar-refractivity contribution >= 4 is 17.0 Å². The van der Waals surface area contributed by atoms with Crippen LogP contribution in [0.4, 0.5) is 13.2 Å². The van der Waals surface area contributed by atoms with Crippen molar-refractivity contribution in [3.8, 4) is 5.75 Å². The van der Waals surface area contributed by atoms with Gasteiger partial charge in [-0.1, -0.05) is 12.2 Å². The van der Waals surface area contributed by atoms with E-state index >= 15 is 8.78 Å². The van der Waals surface area contributed by atoms with Gasteiger partial charge in [0.25, 0.3) is 0 Å². The van der Waals surface area contributed by atoms with Crippen LogP contribution >= 0.6 is 0 Å². The summed E-state index contributed by atoms with van der Waals surface area (Å²) in [4.78, 5) is 5.13. The lowest BCUT2D eigenvalue weighted by atomic mass is 9.87. The van der Waals surface area contributed by atoms with Crippen molar-refractivity contribution < 1.29 is 18.3 Å². The quantitative estimate of drug-likeness (QED) is 0.514. The highest BCUT2D eigenvalue weighted by Crippen LogP contribution is 2.43. The molecule has 164 valence electrons. The molecule has 0 unspecified atom stereocenters. The average molecular weight is 428 g/mol. The topological polar surface area (TPSA) is 39.3 Å². The van der Waals surface area contributed by atoms with Gasteiger partial charge < -0.3 is 10.1 Å². The number of aromatic amines is 1. The minimum atomic E-state index is -1.55. The van der Waals surface area contributed by atoms with Crippen LogP contribution in [0, 0.1) is 11.6 Å². The highest BCUT2D eigenvalue weighted by atomic mass is 19.1. The largest absolute Gasteiger partial charge is 0.508 e. The molecule has 0 bridgehead atoms. The van der Waals surface area contributed by atoms with Crippen LogP contribution in [0.3, 0.4) is 0 Å². The third-order valence-electron chi connectivity index (χ3n) is 5.89.